The van der Waals surface area contributed by atoms with Gasteiger partial charge in [-0.05, 0) is 37.1 Å². The van der Waals surface area contributed by atoms with Crippen LogP contribution in [0.1, 0.15) is 18.9 Å². The molecule has 12 nitrogen and oxygen atoms in total. The van der Waals surface area contributed by atoms with Crippen LogP contribution in [0.3, 0.4) is 0 Å². The molecule has 48 heavy (non-hydrogen) atoms. The Morgan fingerprint density at radius 2 is 1.79 bits per heavy atom. The number of nitrogens with one attached hydrogen (secondary N) is 1. The Kier molecular flexibility index (Phi) is 10.6. The molecule has 0 saturated carbocycles. The van der Waals surface area contributed by atoms with Crippen LogP contribution in [0, 0.1) is 5.92 Å². The molecule has 4 aromatic rings. The molecule has 0 spiro atoms. The van der Waals surface area contributed by atoms with E-state index in [0.29, 0.717) is 37.3 Å². The van der Waals surface area contributed by atoms with E-state index in [2.05, 4.69) is 48.7 Å². The predicted molar refractivity (Wildman–Crippen MR) is 192 cm³/mol. The van der Waals surface area contributed by atoms with E-state index in [-0.39, 0.29) is 24.7 Å². The van der Waals surface area contributed by atoms with Crippen LogP contribution in [0.15, 0.2) is 55.0 Å². The molecule has 2 aliphatic rings. The molecule has 1 amide bonds. The summed E-state index contributed by atoms with van der Waals surface area (Å²) in [6, 6.07) is 12.8. The van der Waals surface area contributed by atoms with E-state index in [4.69, 9.17) is 29.4 Å². The Balaban J connectivity index is 1.21. The van der Waals surface area contributed by atoms with Crippen molar-refractivity contribution in [2.24, 2.45) is 5.92 Å². The topological polar surface area (TPSA) is 114 Å². The first-order valence-corrected chi connectivity index (χ1v) is 20.7. The number of piperazine rings is 1. The Morgan fingerprint density at radius 1 is 1.00 bits per heavy atom. The second kappa shape index (κ2) is 15.0. The molecule has 5 heterocycles. The van der Waals surface area contributed by atoms with Gasteiger partial charge in [-0.15, -0.1) is 0 Å². The maximum atomic E-state index is 13.2. The standard InChI is InChI=1S/C35H49N9O3Si/c1-26-19-28(23-44(22-26)35(45)47-24-27-9-7-6-8-10-27)38-32-29(20-37-34(40-32)42-15-13-41(2)14-16-42)31-21-36-33-30(39-31)11-12-43(33)25-46-17-18-48(3,4)5/h6-12,20-21,26,28H,13-19,22-25H2,1-5H3,(H,37,38,40). The lowest BCUT2D eigenvalue weighted by Gasteiger charge is -2.37. The summed E-state index contributed by atoms with van der Waals surface area (Å²) in [5.41, 5.74) is 4.00. The number of benzene rings is 1. The van der Waals surface area contributed by atoms with Gasteiger partial charge in [0.15, 0.2) is 5.65 Å². The molecule has 2 unspecified atom stereocenters. The monoisotopic (exact) mass is 671 g/mol. The third-order valence-electron chi connectivity index (χ3n) is 8.99. The number of hydrogen-bond acceptors (Lipinski definition) is 10. The quantitative estimate of drug-likeness (QED) is 0.164. The molecule has 13 heteroatoms. The molecule has 0 radical (unpaired) electrons. The fourth-order valence-corrected chi connectivity index (χ4v) is 6.93. The molecule has 1 N–H and O–H groups in total. The van der Waals surface area contributed by atoms with Crippen LogP contribution < -0.4 is 10.2 Å². The van der Waals surface area contributed by atoms with Crippen molar-refractivity contribution in [1.29, 1.82) is 0 Å². The van der Waals surface area contributed by atoms with Crippen LogP contribution in [0.2, 0.25) is 25.7 Å². The zero-order valence-corrected chi connectivity index (χ0v) is 29.9. The normalized spacial score (nSPS) is 19.1. The first kappa shape index (κ1) is 33.8. The smallest absolute Gasteiger partial charge is 0.410 e. The molecule has 256 valence electrons. The summed E-state index contributed by atoms with van der Waals surface area (Å²) in [5, 5.41) is 3.70. The molecule has 1 aromatic carbocycles. The van der Waals surface area contributed by atoms with Gasteiger partial charge in [0.25, 0.3) is 0 Å². The summed E-state index contributed by atoms with van der Waals surface area (Å²) in [5.74, 6) is 1.66. The minimum atomic E-state index is -1.16. The van der Waals surface area contributed by atoms with Crippen molar-refractivity contribution in [2.75, 3.05) is 63.1 Å². The van der Waals surface area contributed by atoms with Gasteiger partial charge < -0.3 is 34.1 Å². The van der Waals surface area contributed by atoms with Crippen LogP contribution >= 0.6 is 0 Å². The van der Waals surface area contributed by atoms with Crippen molar-refractivity contribution in [3.05, 3.63) is 60.6 Å². The predicted octanol–water partition coefficient (Wildman–Crippen LogP) is 5.41. The van der Waals surface area contributed by atoms with Crippen molar-refractivity contribution >= 4 is 37.1 Å². The number of likely N-dealkylation sites (tertiary alicyclic amines) is 1. The molecule has 2 atom stereocenters. The summed E-state index contributed by atoms with van der Waals surface area (Å²) in [4.78, 5) is 39.2. The number of likely N-dealkylation sites (N-methyl/N-ethyl adjacent to an activating group) is 1. The number of carbonyl (C=O) groups is 1. The molecular formula is C35H49N9O3Si. The van der Waals surface area contributed by atoms with Crippen molar-refractivity contribution in [3.8, 4) is 11.3 Å². The molecule has 6 rings (SSSR count). The van der Waals surface area contributed by atoms with Crippen LogP contribution in [0.4, 0.5) is 16.6 Å². The van der Waals surface area contributed by atoms with E-state index in [1.54, 1.807) is 11.1 Å². The number of anilines is 2. The fraction of sp³-hybridized carbons (Fsp3) is 0.514. The molecular weight excluding hydrogens is 623 g/mol. The number of aromatic nitrogens is 5. The minimum absolute atomic E-state index is 0.0295. The lowest BCUT2D eigenvalue weighted by molar-refractivity contribution is 0.0783. The van der Waals surface area contributed by atoms with Gasteiger partial charge in [0.1, 0.15) is 24.7 Å². The number of nitrogens with zero attached hydrogens (tertiary/aromatic N) is 8. The van der Waals surface area contributed by atoms with Crippen molar-refractivity contribution in [1.82, 2.24) is 34.3 Å². The fourth-order valence-electron chi connectivity index (χ4n) is 6.17. The number of amides is 1. The van der Waals surface area contributed by atoms with Crippen LogP contribution in [0.5, 0.6) is 0 Å². The highest BCUT2D eigenvalue weighted by atomic mass is 28.3. The number of carbonyl (C=O) groups excluding carboxylic acids is 1. The number of fused-ring (bicyclic) bond motifs is 1. The van der Waals surface area contributed by atoms with Gasteiger partial charge >= 0.3 is 6.09 Å². The van der Waals surface area contributed by atoms with Crippen molar-refractivity contribution in [3.63, 3.8) is 0 Å². The lowest BCUT2D eigenvalue weighted by atomic mass is 9.96. The van der Waals surface area contributed by atoms with Gasteiger partial charge in [-0.3, -0.25) is 0 Å². The largest absolute Gasteiger partial charge is 0.445 e. The summed E-state index contributed by atoms with van der Waals surface area (Å²) in [6.45, 7) is 15.4. The third kappa shape index (κ3) is 8.68. The highest BCUT2D eigenvalue weighted by Crippen LogP contribution is 2.30. The summed E-state index contributed by atoms with van der Waals surface area (Å²) >= 11 is 0. The van der Waals surface area contributed by atoms with Crippen molar-refractivity contribution < 1.29 is 14.3 Å². The third-order valence-corrected chi connectivity index (χ3v) is 10.7. The number of hydrogen-bond donors (Lipinski definition) is 1. The van der Waals surface area contributed by atoms with E-state index >= 15 is 0 Å². The highest BCUT2D eigenvalue weighted by Gasteiger charge is 2.30. The molecule has 3 aromatic heterocycles. The van der Waals surface area contributed by atoms with Gasteiger partial charge in [0.05, 0.1) is 17.5 Å². The van der Waals surface area contributed by atoms with E-state index in [1.807, 2.05) is 53.4 Å². The van der Waals surface area contributed by atoms with E-state index in [0.717, 1.165) is 67.5 Å². The molecule has 2 saturated heterocycles. The number of piperidine rings is 1. The van der Waals surface area contributed by atoms with Gasteiger partial charge in [-0.2, -0.15) is 4.98 Å². The van der Waals surface area contributed by atoms with Crippen LogP contribution in [-0.2, 0) is 22.8 Å². The second-order valence-electron chi connectivity index (χ2n) is 14.4. The first-order valence-electron chi connectivity index (χ1n) is 17.0. The second-order valence-corrected chi connectivity index (χ2v) is 20.1. The SMILES string of the molecule is CC1CC(Nc2nc(N3CCN(C)CC3)ncc2-c2cnc3c(ccn3COCC[Si](C)(C)C)n2)CN(C(=O)OCc2ccccc2)C1. The summed E-state index contributed by atoms with van der Waals surface area (Å²) in [6.07, 6.45) is 6.21. The van der Waals surface area contributed by atoms with E-state index < -0.39 is 8.07 Å². The van der Waals surface area contributed by atoms with Crippen LogP contribution in [-0.4, -0.2) is 107 Å². The zero-order chi connectivity index (χ0) is 33.7. The molecule has 0 aliphatic carbocycles. The highest BCUT2D eigenvalue weighted by molar-refractivity contribution is 6.76. The Bertz CT molecular complexity index is 1670. The number of ether oxygens (including phenoxy) is 2. The Hall–Kier alpha value is -4.07. The molecule has 2 fully saturated rings. The first-order chi connectivity index (χ1) is 23.1. The zero-order valence-electron chi connectivity index (χ0n) is 28.9. The van der Waals surface area contributed by atoms with Crippen molar-refractivity contribution in [2.45, 2.75) is 58.4 Å². The maximum absolute atomic E-state index is 13.2. The van der Waals surface area contributed by atoms with E-state index in [1.165, 1.54) is 0 Å². The van der Waals surface area contributed by atoms with Gasteiger partial charge in [-0.1, -0.05) is 56.9 Å². The molecule has 0 bridgehead atoms. The van der Waals surface area contributed by atoms with Crippen LogP contribution in [0.25, 0.3) is 22.4 Å². The van der Waals surface area contributed by atoms with Gasteiger partial charge in [0, 0.05) is 72.4 Å². The molecule has 2 aliphatic heterocycles. The Labute approximate surface area is 284 Å². The average Bonchev–Trinajstić information content (AvgIpc) is 3.48. The minimum Gasteiger partial charge on any atom is -0.445 e. The summed E-state index contributed by atoms with van der Waals surface area (Å²) < 4.78 is 13.7. The van der Waals surface area contributed by atoms with E-state index in [9.17, 15) is 4.79 Å². The van der Waals surface area contributed by atoms with Gasteiger partial charge in [-0.25, -0.2) is 19.7 Å². The summed E-state index contributed by atoms with van der Waals surface area (Å²) in [7, 11) is 0.977. The average molecular weight is 672 g/mol. The maximum Gasteiger partial charge on any atom is 0.410 e. The number of rotatable bonds is 11. The lowest BCUT2D eigenvalue weighted by Crippen LogP contribution is -2.48. The Morgan fingerprint density at radius 3 is 2.56 bits per heavy atom. The van der Waals surface area contributed by atoms with Gasteiger partial charge in [0.2, 0.25) is 5.95 Å².